The summed E-state index contributed by atoms with van der Waals surface area (Å²) in [5.74, 6) is 0.667. The lowest BCUT2D eigenvalue weighted by Gasteiger charge is -2.29. The Labute approximate surface area is 121 Å². The van der Waals surface area contributed by atoms with Crippen molar-refractivity contribution in [1.82, 2.24) is 4.90 Å². The topological polar surface area (TPSA) is 29.3 Å². The van der Waals surface area contributed by atoms with Crippen LogP contribution in [0, 0.1) is 0 Å². The molecular formula is C16H25ClN2. The van der Waals surface area contributed by atoms with Crippen LogP contribution in [-0.2, 0) is 12.8 Å². The Hall–Kier alpha value is -0.730. The Morgan fingerprint density at radius 1 is 1.32 bits per heavy atom. The van der Waals surface area contributed by atoms with Crippen molar-refractivity contribution in [3.05, 3.63) is 27.8 Å². The summed E-state index contributed by atoms with van der Waals surface area (Å²) in [7, 11) is 2.21. The van der Waals surface area contributed by atoms with Gasteiger partial charge in [0.15, 0.2) is 0 Å². The van der Waals surface area contributed by atoms with Gasteiger partial charge < -0.3 is 10.6 Å². The molecule has 19 heavy (non-hydrogen) atoms. The molecule has 1 unspecified atom stereocenters. The average molecular weight is 281 g/mol. The van der Waals surface area contributed by atoms with Crippen LogP contribution in [0.4, 0.5) is 5.69 Å². The normalized spacial score (nSPS) is 22.0. The number of rotatable bonds is 0. The van der Waals surface area contributed by atoms with E-state index in [1.165, 1.54) is 36.1 Å². The molecule has 1 aliphatic carbocycles. The van der Waals surface area contributed by atoms with Crippen LogP contribution in [0.1, 0.15) is 49.3 Å². The number of anilines is 1. The lowest BCUT2D eigenvalue weighted by molar-refractivity contribution is 0.313. The summed E-state index contributed by atoms with van der Waals surface area (Å²) < 4.78 is 0. The fourth-order valence-electron chi connectivity index (χ4n) is 3.41. The van der Waals surface area contributed by atoms with Gasteiger partial charge in [0.05, 0.1) is 10.7 Å². The first-order chi connectivity index (χ1) is 9.16. The number of likely N-dealkylation sites (N-methyl/N-ethyl adjacent to an activating group) is 1. The van der Waals surface area contributed by atoms with Crippen molar-refractivity contribution in [1.29, 1.82) is 0 Å². The van der Waals surface area contributed by atoms with Crippen molar-refractivity contribution >= 4 is 17.3 Å². The van der Waals surface area contributed by atoms with Gasteiger partial charge in [0.2, 0.25) is 0 Å². The quantitative estimate of drug-likeness (QED) is 0.731. The van der Waals surface area contributed by atoms with Crippen molar-refractivity contribution in [2.75, 3.05) is 25.9 Å². The zero-order chi connectivity index (χ0) is 14.0. The molecule has 0 saturated carbocycles. The summed E-state index contributed by atoms with van der Waals surface area (Å²) in [6, 6.07) is 2.10. The summed E-state index contributed by atoms with van der Waals surface area (Å²) >= 11 is 6.25. The van der Waals surface area contributed by atoms with E-state index in [0.717, 1.165) is 30.1 Å². The van der Waals surface area contributed by atoms with Crippen molar-refractivity contribution in [2.45, 2.75) is 45.4 Å². The lowest BCUT2D eigenvalue weighted by atomic mass is 9.79. The number of halogens is 1. The zero-order valence-corrected chi connectivity index (χ0v) is 13.1. The van der Waals surface area contributed by atoms with Crippen LogP contribution in [-0.4, -0.2) is 25.0 Å². The largest absolute Gasteiger partial charge is 0.397 e. The second-order valence-corrected chi connectivity index (χ2v) is 5.83. The molecule has 2 N–H and O–H groups in total. The Morgan fingerprint density at radius 3 is 2.79 bits per heavy atom. The second kappa shape index (κ2) is 6.15. The number of nitrogens with zero attached hydrogens (tertiary/aromatic N) is 1. The third-order valence-electron chi connectivity index (χ3n) is 4.24. The predicted molar refractivity (Wildman–Crippen MR) is 84.1 cm³/mol. The zero-order valence-electron chi connectivity index (χ0n) is 12.3. The van der Waals surface area contributed by atoms with Gasteiger partial charge in [-0.3, -0.25) is 0 Å². The number of hydrogen-bond acceptors (Lipinski definition) is 2. The minimum Gasteiger partial charge on any atom is -0.397 e. The smallest absolute Gasteiger partial charge is 0.0641 e. The van der Waals surface area contributed by atoms with E-state index in [1.807, 2.05) is 13.8 Å². The van der Waals surface area contributed by atoms with E-state index in [2.05, 4.69) is 18.0 Å². The molecule has 0 saturated heterocycles. The predicted octanol–water partition coefficient (Wildman–Crippen LogP) is 3.86. The first-order valence-corrected chi connectivity index (χ1v) is 7.82. The van der Waals surface area contributed by atoms with Gasteiger partial charge in [-0.25, -0.2) is 0 Å². The fourth-order valence-corrected chi connectivity index (χ4v) is 3.65. The van der Waals surface area contributed by atoms with Gasteiger partial charge in [0.25, 0.3) is 0 Å². The maximum absolute atomic E-state index is 6.25. The SMILES string of the molecule is CC.CN1CCc2cc(Cl)c(N)c3c2C(CCC3)C1. The van der Waals surface area contributed by atoms with Gasteiger partial charge in [-0.2, -0.15) is 0 Å². The van der Waals surface area contributed by atoms with Crippen molar-refractivity contribution < 1.29 is 0 Å². The van der Waals surface area contributed by atoms with E-state index in [4.69, 9.17) is 17.3 Å². The summed E-state index contributed by atoms with van der Waals surface area (Å²) in [5.41, 5.74) is 11.3. The first kappa shape index (κ1) is 14.7. The summed E-state index contributed by atoms with van der Waals surface area (Å²) in [4.78, 5) is 2.43. The Kier molecular flexibility index (Phi) is 4.75. The van der Waals surface area contributed by atoms with E-state index < -0.39 is 0 Å². The van der Waals surface area contributed by atoms with E-state index >= 15 is 0 Å². The summed E-state index contributed by atoms with van der Waals surface area (Å²) in [6.45, 7) is 6.30. The molecule has 2 nitrogen and oxygen atoms in total. The molecule has 1 aromatic carbocycles. The first-order valence-electron chi connectivity index (χ1n) is 7.45. The highest BCUT2D eigenvalue weighted by Crippen LogP contribution is 2.41. The van der Waals surface area contributed by atoms with E-state index in [9.17, 15) is 0 Å². The second-order valence-electron chi connectivity index (χ2n) is 5.42. The molecular weight excluding hydrogens is 256 g/mol. The number of nitrogens with two attached hydrogens (primary N) is 1. The lowest BCUT2D eigenvalue weighted by Crippen LogP contribution is -2.25. The van der Waals surface area contributed by atoms with Crippen LogP contribution >= 0.6 is 11.6 Å². The Morgan fingerprint density at radius 2 is 2.05 bits per heavy atom. The van der Waals surface area contributed by atoms with E-state index in [1.54, 1.807) is 0 Å². The minimum absolute atomic E-state index is 0.667. The highest BCUT2D eigenvalue weighted by molar-refractivity contribution is 6.33. The average Bonchev–Trinajstić information content (AvgIpc) is 2.58. The van der Waals surface area contributed by atoms with Gasteiger partial charge >= 0.3 is 0 Å². The molecule has 1 atom stereocenters. The monoisotopic (exact) mass is 280 g/mol. The van der Waals surface area contributed by atoms with Gasteiger partial charge in [-0.15, -0.1) is 0 Å². The minimum atomic E-state index is 0.667. The van der Waals surface area contributed by atoms with E-state index in [-0.39, 0.29) is 0 Å². The molecule has 0 bridgehead atoms. The third-order valence-corrected chi connectivity index (χ3v) is 4.55. The van der Waals surface area contributed by atoms with Crippen LogP contribution in [0.25, 0.3) is 0 Å². The Bertz CT molecular complexity index is 457. The molecule has 106 valence electrons. The van der Waals surface area contributed by atoms with Gasteiger partial charge in [-0.05, 0) is 61.4 Å². The number of hydrogen-bond donors (Lipinski definition) is 1. The molecule has 3 rings (SSSR count). The third kappa shape index (κ3) is 2.75. The fraction of sp³-hybridized carbons (Fsp3) is 0.625. The van der Waals surface area contributed by atoms with Crippen LogP contribution in [0.2, 0.25) is 5.02 Å². The standard InChI is InChI=1S/C14H19ClN2.C2H6/c1-17-6-5-9-7-12(15)14(16)11-4-2-3-10(8-17)13(9)11;1-2/h7,10H,2-6,8,16H2,1H3;1-2H3. The highest BCUT2D eigenvalue weighted by atomic mass is 35.5. The molecule has 2 aliphatic rings. The van der Waals surface area contributed by atoms with Gasteiger partial charge in [0, 0.05) is 13.1 Å². The maximum Gasteiger partial charge on any atom is 0.0641 e. The molecule has 0 radical (unpaired) electrons. The Balaban J connectivity index is 0.000000637. The summed E-state index contributed by atoms with van der Waals surface area (Å²) in [6.07, 6.45) is 4.76. The highest BCUT2D eigenvalue weighted by Gasteiger charge is 2.29. The van der Waals surface area contributed by atoms with E-state index in [0.29, 0.717) is 5.92 Å². The molecule has 3 heteroatoms. The van der Waals surface area contributed by atoms with Gasteiger partial charge in [-0.1, -0.05) is 25.4 Å². The molecule has 0 amide bonds. The van der Waals surface area contributed by atoms with Crippen LogP contribution in [0.5, 0.6) is 0 Å². The molecule has 1 heterocycles. The van der Waals surface area contributed by atoms with Crippen LogP contribution < -0.4 is 5.73 Å². The number of nitrogen functional groups attached to an aromatic ring is 1. The van der Waals surface area contributed by atoms with Gasteiger partial charge in [0.1, 0.15) is 0 Å². The maximum atomic E-state index is 6.25. The van der Waals surface area contributed by atoms with Crippen molar-refractivity contribution in [3.8, 4) is 0 Å². The van der Waals surface area contributed by atoms with Crippen LogP contribution in [0.3, 0.4) is 0 Å². The molecule has 0 aromatic heterocycles. The van der Waals surface area contributed by atoms with Crippen LogP contribution in [0.15, 0.2) is 6.07 Å². The number of benzene rings is 1. The molecule has 1 aliphatic heterocycles. The summed E-state index contributed by atoms with van der Waals surface area (Å²) in [5, 5.41) is 0.754. The molecule has 1 aromatic rings. The van der Waals surface area contributed by atoms with Crippen molar-refractivity contribution in [3.63, 3.8) is 0 Å². The molecule has 0 spiro atoms. The van der Waals surface area contributed by atoms with Crippen molar-refractivity contribution in [2.24, 2.45) is 0 Å². The molecule has 0 fully saturated rings.